The van der Waals surface area contributed by atoms with E-state index in [0.717, 1.165) is 6.42 Å². The van der Waals surface area contributed by atoms with Gasteiger partial charge in [0.15, 0.2) is 0 Å². The molecule has 1 aromatic carbocycles. The van der Waals surface area contributed by atoms with Crippen molar-refractivity contribution in [3.63, 3.8) is 0 Å². The highest BCUT2D eigenvalue weighted by Gasteiger charge is 2.15. The van der Waals surface area contributed by atoms with Crippen LogP contribution in [-0.2, 0) is 0 Å². The molecule has 1 amide bonds. The number of hydrogen-bond donors (Lipinski definition) is 2. The fourth-order valence-corrected chi connectivity index (χ4v) is 2.53. The zero-order chi connectivity index (χ0) is 17.5. The first-order chi connectivity index (χ1) is 11.5. The van der Waals surface area contributed by atoms with E-state index in [-0.39, 0.29) is 11.9 Å². The van der Waals surface area contributed by atoms with Gasteiger partial charge >= 0.3 is 0 Å². The summed E-state index contributed by atoms with van der Waals surface area (Å²) in [5, 5.41) is 3.31. The van der Waals surface area contributed by atoms with Crippen LogP contribution in [0, 0.1) is 5.92 Å². The molecule has 1 unspecified atom stereocenters. The average molecular weight is 348 g/mol. The summed E-state index contributed by atoms with van der Waals surface area (Å²) in [6, 6.07) is 8.36. The minimum Gasteiger partial charge on any atom is -0.456 e. The molecule has 3 N–H and O–H groups in total. The Kier molecular flexibility index (Phi) is 6.58. The van der Waals surface area contributed by atoms with Crippen LogP contribution in [0.2, 0.25) is 5.02 Å². The molecule has 1 heterocycles. The van der Waals surface area contributed by atoms with Crippen molar-refractivity contribution in [1.29, 1.82) is 0 Å². The molecule has 0 aliphatic heterocycles. The first-order valence-electron chi connectivity index (χ1n) is 7.88. The summed E-state index contributed by atoms with van der Waals surface area (Å²) >= 11 is 6.23. The highest BCUT2D eigenvalue weighted by molar-refractivity contribution is 6.32. The lowest BCUT2D eigenvalue weighted by Gasteiger charge is -2.19. The molecule has 6 heteroatoms. The largest absolute Gasteiger partial charge is 0.456 e. The molecule has 0 radical (unpaired) electrons. The third-order valence-electron chi connectivity index (χ3n) is 3.45. The van der Waals surface area contributed by atoms with Crippen molar-refractivity contribution < 1.29 is 9.53 Å². The van der Waals surface area contributed by atoms with Crippen LogP contribution in [0.4, 0.5) is 0 Å². The quantitative estimate of drug-likeness (QED) is 0.801. The van der Waals surface area contributed by atoms with E-state index in [2.05, 4.69) is 24.1 Å². The van der Waals surface area contributed by atoms with Crippen LogP contribution < -0.4 is 15.8 Å². The lowest BCUT2D eigenvalue weighted by Crippen LogP contribution is -2.41. The van der Waals surface area contributed by atoms with Crippen LogP contribution in [0.5, 0.6) is 11.5 Å². The molecule has 0 aliphatic rings. The lowest BCUT2D eigenvalue weighted by molar-refractivity contribution is 0.0933. The molecule has 2 rings (SSSR count). The number of carbonyl (C=O) groups excluding carboxylic acids is 1. The van der Waals surface area contributed by atoms with Gasteiger partial charge in [-0.05, 0) is 42.7 Å². The predicted molar refractivity (Wildman–Crippen MR) is 95.5 cm³/mol. The van der Waals surface area contributed by atoms with Crippen LogP contribution >= 0.6 is 11.6 Å². The van der Waals surface area contributed by atoms with Gasteiger partial charge in [-0.2, -0.15) is 0 Å². The molecular weight excluding hydrogens is 326 g/mol. The van der Waals surface area contributed by atoms with Crippen molar-refractivity contribution in [3.8, 4) is 11.5 Å². The fourth-order valence-electron chi connectivity index (χ4n) is 2.31. The van der Waals surface area contributed by atoms with Crippen LogP contribution in [0.1, 0.15) is 30.6 Å². The second-order valence-electron chi connectivity index (χ2n) is 5.97. The number of ether oxygens (including phenoxy) is 1. The van der Waals surface area contributed by atoms with Gasteiger partial charge in [0.05, 0.1) is 5.02 Å². The predicted octanol–water partition coefficient (Wildman–Crippen LogP) is 3.63. The van der Waals surface area contributed by atoms with E-state index in [4.69, 9.17) is 22.1 Å². The first kappa shape index (κ1) is 18.2. The Hall–Kier alpha value is -2.11. The highest BCUT2D eigenvalue weighted by atomic mass is 35.5. The summed E-state index contributed by atoms with van der Waals surface area (Å²) in [6.07, 6.45) is 4.10. The molecule has 0 fully saturated rings. The third-order valence-corrected chi connectivity index (χ3v) is 3.74. The molecule has 0 aliphatic carbocycles. The summed E-state index contributed by atoms with van der Waals surface area (Å²) < 4.78 is 5.68. The number of nitrogens with two attached hydrogens (primary N) is 1. The van der Waals surface area contributed by atoms with Gasteiger partial charge in [-0.25, -0.2) is 0 Å². The maximum absolute atomic E-state index is 12.3. The molecule has 128 valence electrons. The van der Waals surface area contributed by atoms with Gasteiger partial charge in [0, 0.05) is 30.5 Å². The van der Waals surface area contributed by atoms with Crippen molar-refractivity contribution in [2.24, 2.45) is 11.7 Å². The molecule has 0 spiro atoms. The maximum Gasteiger partial charge on any atom is 0.251 e. The number of benzene rings is 1. The second-order valence-corrected chi connectivity index (χ2v) is 6.37. The SMILES string of the molecule is CC(C)CC(CN)NC(=O)c1ccc(Oc2ccncc2)c(Cl)c1. The monoisotopic (exact) mass is 347 g/mol. The minimum atomic E-state index is -0.191. The van der Waals surface area contributed by atoms with E-state index >= 15 is 0 Å². The molecule has 1 atom stereocenters. The standard InChI is InChI=1S/C18H22ClN3O2/c1-12(2)9-14(11-20)22-18(23)13-3-4-17(16(19)10-13)24-15-5-7-21-8-6-15/h3-8,10,12,14H,9,11,20H2,1-2H3,(H,22,23). The first-order valence-corrected chi connectivity index (χ1v) is 8.25. The van der Waals surface area contributed by atoms with Crippen molar-refractivity contribution >= 4 is 17.5 Å². The van der Waals surface area contributed by atoms with E-state index in [0.29, 0.717) is 34.5 Å². The lowest BCUT2D eigenvalue weighted by atomic mass is 10.0. The Morgan fingerprint density at radius 1 is 1.29 bits per heavy atom. The molecule has 0 bridgehead atoms. The van der Waals surface area contributed by atoms with Crippen molar-refractivity contribution in [3.05, 3.63) is 53.3 Å². The van der Waals surface area contributed by atoms with Crippen LogP contribution in [0.3, 0.4) is 0 Å². The summed E-state index contributed by atoms with van der Waals surface area (Å²) in [5.41, 5.74) is 6.20. The number of nitrogens with zero attached hydrogens (tertiary/aromatic N) is 1. The number of hydrogen-bond acceptors (Lipinski definition) is 4. The van der Waals surface area contributed by atoms with Gasteiger partial charge in [-0.15, -0.1) is 0 Å². The topological polar surface area (TPSA) is 77.2 Å². The molecule has 0 saturated carbocycles. The number of aromatic nitrogens is 1. The second kappa shape index (κ2) is 8.66. The summed E-state index contributed by atoms with van der Waals surface area (Å²) in [6.45, 7) is 4.59. The Labute approximate surface area is 147 Å². The zero-order valence-corrected chi connectivity index (χ0v) is 14.6. The van der Waals surface area contributed by atoms with E-state index in [1.807, 2.05) is 0 Å². The Morgan fingerprint density at radius 3 is 2.58 bits per heavy atom. The summed E-state index contributed by atoms with van der Waals surface area (Å²) in [7, 11) is 0. The molecule has 0 saturated heterocycles. The Morgan fingerprint density at radius 2 is 2.00 bits per heavy atom. The number of rotatable bonds is 7. The van der Waals surface area contributed by atoms with Crippen LogP contribution in [0.15, 0.2) is 42.7 Å². The molecule has 24 heavy (non-hydrogen) atoms. The normalized spacial score (nSPS) is 12.0. The van der Waals surface area contributed by atoms with E-state index in [1.54, 1.807) is 42.7 Å². The average Bonchev–Trinajstić information content (AvgIpc) is 2.56. The van der Waals surface area contributed by atoms with Crippen molar-refractivity contribution in [2.75, 3.05) is 6.54 Å². The number of carbonyl (C=O) groups is 1. The van der Waals surface area contributed by atoms with Crippen molar-refractivity contribution in [1.82, 2.24) is 10.3 Å². The van der Waals surface area contributed by atoms with Gasteiger partial charge in [0.2, 0.25) is 0 Å². The number of halogens is 1. The van der Waals surface area contributed by atoms with E-state index in [1.165, 1.54) is 0 Å². The van der Waals surface area contributed by atoms with Crippen molar-refractivity contribution in [2.45, 2.75) is 26.3 Å². The van der Waals surface area contributed by atoms with Crippen LogP contribution in [0.25, 0.3) is 0 Å². The van der Waals surface area contributed by atoms with E-state index < -0.39 is 0 Å². The Balaban J connectivity index is 2.06. The van der Waals surface area contributed by atoms with Gasteiger partial charge < -0.3 is 15.8 Å². The third kappa shape index (κ3) is 5.22. The maximum atomic E-state index is 12.3. The highest BCUT2D eigenvalue weighted by Crippen LogP contribution is 2.29. The van der Waals surface area contributed by atoms with E-state index in [9.17, 15) is 4.79 Å². The number of nitrogens with one attached hydrogen (secondary N) is 1. The van der Waals surface area contributed by atoms with Gasteiger partial charge in [0.1, 0.15) is 11.5 Å². The summed E-state index contributed by atoms with van der Waals surface area (Å²) in [5.74, 6) is 1.38. The van der Waals surface area contributed by atoms with Gasteiger partial charge in [-0.3, -0.25) is 9.78 Å². The smallest absolute Gasteiger partial charge is 0.251 e. The molecule has 1 aromatic heterocycles. The Bertz CT molecular complexity index is 677. The fraction of sp³-hybridized carbons (Fsp3) is 0.333. The number of pyridine rings is 1. The minimum absolute atomic E-state index is 0.0518. The number of amides is 1. The van der Waals surface area contributed by atoms with Crippen LogP contribution in [-0.4, -0.2) is 23.5 Å². The molecule has 5 nitrogen and oxygen atoms in total. The van der Waals surface area contributed by atoms with Gasteiger partial charge in [-0.1, -0.05) is 25.4 Å². The summed E-state index contributed by atoms with van der Waals surface area (Å²) in [4.78, 5) is 16.3. The zero-order valence-electron chi connectivity index (χ0n) is 13.8. The van der Waals surface area contributed by atoms with Gasteiger partial charge in [0.25, 0.3) is 5.91 Å². The molecule has 2 aromatic rings. The molecular formula is C18H22ClN3O2.